The standard InChI is InChI=1S/C9H14ClNO/c1-11-9(3-2-6-10)4-7-12-8-5-9/h2-8H2. The Morgan fingerprint density at radius 2 is 2.08 bits per heavy atom. The summed E-state index contributed by atoms with van der Waals surface area (Å²) in [6, 6.07) is 0. The van der Waals surface area contributed by atoms with Crippen LogP contribution in [0.3, 0.4) is 0 Å². The molecule has 0 aromatic rings. The smallest absolute Gasteiger partial charge is 0.237 e. The molecule has 1 rings (SSSR count). The lowest BCUT2D eigenvalue weighted by Crippen LogP contribution is -2.32. The Morgan fingerprint density at radius 3 is 2.58 bits per heavy atom. The molecule has 0 unspecified atom stereocenters. The molecular formula is C9H14ClNO. The van der Waals surface area contributed by atoms with Gasteiger partial charge in [0, 0.05) is 25.1 Å². The van der Waals surface area contributed by atoms with Crippen LogP contribution in [0.4, 0.5) is 0 Å². The molecule has 0 aromatic carbocycles. The lowest BCUT2D eigenvalue weighted by molar-refractivity contribution is 0.0626. The molecule has 1 saturated heterocycles. The highest BCUT2D eigenvalue weighted by Crippen LogP contribution is 2.30. The van der Waals surface area contributed by atoms with Crippen molar-refractivity contribution < 1.29 is 4.74 Å². The molecule has 12 heavy (non-hydrogen) atoms. The summed E-state index contributed by atoms with van der Waals surface area (Å²) in [6.45, 7) is 8.63. The summed E-state index contributed by atoms with van der Waals surface area (Å²) in [6.07, 6.45) is 3.65. The molecule has 0 amide bonds. The average molecular weight is 188 g/mol. The molecule has 0 atom stereocenters. The summed E-state index contributed by atoms with van der Waals surface area (Å²) >= 11 is 5.61. The summed E-state index contributed by atoms with van der Waals surface area (Å²) in [7, 11) is 0. The van der Waals surface area contributed by atoms with Gasteiger partial charge in [0.05, 0.1) is 13.2 Å². The van der Waals surface area contributed by atoms with Crippen LogP contribution in [0.2, 0.25) is 0 Å². The number of hydrogen-bond donors (Lipinski definition) is 0. The van der Waals surface area contributed by atoms with E-state index >= 15 is 0 Å². The second kappa shape index (κ2) is 4.69. The largest absolute Gasteiger partial charge is 0.381 e. The van der Waals surface area contributed by atoms with E-state index in [2.05, 4.69) is 4.85 Å². The summed E-state index contributed by atoms with van der Waals surface area (Å²) < 4.78 is 5.23. The van der Waals surface area contributed by atoms with Gasteiger partial charge in [0.1, 0.15) is 0 Å². The van der Waals surface area contributed by atoms with Crippen molar-refractivity contribution in [2.75, 3.05) is 19.1 Å². The van der Waals surface area contributed by atoms with Crippen molar-refractivity contribution in [3.8, 4) is 0 Å². The lowest BCUT2D eigenvalue weighted by atomic mass is 9.86. The van der Waals surface area contributed by atoms with E-state index in [1.54, 1.807) is 0 Å². The van der Waals surface area contributed by atoms with Crippen molar-refractivity contribution in [1.29, 1.82) is 0 Å². The third-order valence-electron chi connectivity index (χ3n) is 2.44. The van der Waals surface area contributed by atoms with Gasteiger partial charge < -0.3 is 9.58 Å². The number of hydrogen-bond acceptors (Lipinski definition) is 1. The number of rotatable bonds is 3. The number of ether oxygens (including phenoxy) is 1. The van der Waals surface area contributed by atoms with Crippen molar-refractivity contribution in [2.24, 2.45) is 0 Å². The fourth-order valence-electron chi connectivity index (χ4n) is 1.56. The van der Waals surface area contributed by atoms with Crippen LogP contribution in [0.25, 0.3) is 4.85 Å². The van der Waals surface area contributed by atoms with Gasteiger partial charge >= 0.3 is 0 Å². The number of halogens is 1. The first kappa shape index (κ1) is 9.83. The lowest BCUT2D eigenvalue weighted by Gasteiger charge is -2.25. The van der Waals surface area contributed by atoms with Crippen molar-refractivity contribution in [2.45, 2.75) is 31.2 Å². The second-order valence-electron chi connectivity index (χ2n) is 3.24. The Balaban J connectivity index is 2.44. The SMILES string of the molecule is [C-]#[N+]C1(CCCCl)CCOCC1. The maximum Gasteiger partial charge on any atom is 0.237 e. The normalized spacial score (nSPS) is 21.7. The molecule has 3 heteroatoms. The van der Waals surface area contributed by atoms with E-state index in [0.717, 1.165) is 38.9 Å². The molecular weight excluding hydrogens is 174 g/mol. The van der Waals surface area contributed by atoms with Crippen molar-refractivity contribution in [1.82, 2.24) is 0 Å². The van der Waals surface area contributed by atoms with Gasteiger partial charge in [-0.25, -0.2) is 6.57 Å². The first-order chi connectivity index (χ1) is 5.83. The predicted octanol–water partition coefficient (Wildman–Crippen LogP) is 2.47. The Bertz CT molecular complexity index is 170. The molecule has 1 heterocycles. The molecule has 1 aliphatic heterocycles. The van der Waals surface area contributed by atoms with Gasteiger partial charge in [-0.15, -0.1) is 11.6 Å². The first-order valence-electron chi connectivity index (χ1n) is 4.35. The van der Waals surface area contributed by atoms with Crippen LogP contribution < -0.4 is 0 Å². The van der Waals surface area contributed by atoms with Gasteiger partial charge in [0.25, 0.3) is 0 Å². The van der Waals surface area contributed by atoms with Crippen molar-refractivity contribution in [3.05, 3.63) is 11.4 Å². The maximum atomic E-state index is 7.15. The zero-order chi connectivity index (χ0) is 8.86. The molecule has 1 aliphatic rings. The summed E-state index contributed by atoms with van der Waals surface area (Å²) in [4.78, 5) is 3.73. The van der Waals surface area contributed by atoms with E-state index in [1.807, 2.05) is 0 Å². The van der Waals surface area contributed by atoms with Crippen LogP contribution >= 0.6 is 11.6 Å². The highest BCUT2D eigenvalue weighted by atomic mass is 35.5. The van der Waals surface area contributed by atoms with Gasteiger partial charge in [-0.1, -0.05) is 0 Å². The van der Waals surface area contributed by atoms with E-state index < -0.39 is 0 Å². The number of alkyl halides is 1. The predicted molar refractivity (Wildman–Crippen MR) is 49.3 cm³/mol. The van der Waals surface area contributed by atoms with Gasteiger partial charge in [-0.05, 0) is 6.42 Å². The third-order valence-corrected chi connectivity index (χ3v) is 2.70. The van der Waals surface area contributed by atoms with Crippen molar-refractivity contribution >= 4 is 11.6 Å². The molecule has 0 bridgehead atoms. The second-order valence-corrected chi connectivity index (χ2v) is 3.62. The van der Waals surface area contributed by atoms with Gasteiger partial charge in [0.15, 0.2) is 0 Å². The minimum atomic E-state index is -0.146. The highest BCUT2D eigenvalue weighted by Gasteiger charge is 2.37. The van der Waals surface area contributed by atoms with E-state index in [0.29, 0.717) is 5.88 Å². The van der Waals surface area contributed by atoms with E-state index in [4.69, 9.17) is 22.9 Å². The van der Waals surface area contributed by atoms with Crippen LogP contribution in [0, 0.1) is 6.57 Å². The zero-order valence-electron chi connectivity index (χ0n) is 7.18. The van der Waals surface area contributed by atoms with Crippen LogP contribution in [-0.4, -0.2) is 24.6 Å². The Kier molecular flexibility index (Phi) is 3.84. The highest BCUT2D eigenvalue weighted by molar-refractivity contribution is 6.17. The molecule has 2 nitrogen and oxygen atoms in total. The fraction of sp³-hybridized carbons (Fsp3) is 0.889. The van der Waals surface area contributed by atoms with Crippen LogP contribution in [0.15, 0.2) is 0 Å². The van der Waals surface area contributed by atoms with Crippen LogP contribution in [0.1, 0.15) is 25.7 Å². The fourth-order valence-corrected chi connectivity index (χ4v) is 1.70. The quantitative estimate of drug-likeness (QED) is 0.489. The zero-order valence-corrected chi connectivity index (χ0v) is 7.94. The summed E-state index contributed by atoms with van der Waals surface area (Å²) in [5.41, 5.74) is -0.146. The molecule has 0 saturated carbocycles. The van der Waals surface area contributed by atoms with Gasteiger partial charge in [-0.3, -0.25) is 0 Å². The Hall–Kier alpha value is -0.260. The molecule has 0 spiro atoms. The molecule has 0 N–H and O–H groups in total. The third kappa shape index (κ3) is 2.36. The van der Waals surface area contributed by atoms with Crippen LogP contribution in [-0.2, 0) is 4.74 Å². The summed E-state index contributed by atoms with van der Waals surface area (Å²) in [5, 5.41) is 0. The monoisotopic (exact) mass is 187 g/mol. The van der Waals surface area contributed by atoms with Gasteiger partial charge in [0.2, 0.25) is 5.54 Å². The maximum absolute atomic E-state index is 7.15. The molecule has 0 aromatic heterocycles. The van der Waals surface area contributed by atoms with Crippen molar-refractivity contribution in [3.63, 3.8) is 0 Å². The van der Waals surface area contributed by atoms with Gasteiger partial charge in [-0.2, -0.15) is 0 Å². The topological polar surface area (TPSA) is 13.6 Å². The van der Waals surface area contributed by atoms with Crippen LogP contribution in [0.5, 0.6) is 0 Å². The molecule has 1 fully saturated rings. The van der Waals surface area contributed by atoms with E-state index in [9.17, 15) is 0 Å². The Labute approximate surface area is 78.7 Å². The summed E-state index contributed by atoms with van der Waals surface area (Å²) in [5.74, 6) is 0.665. The molecule has 0 aliphatic carbocycles. The minimum absolute atomic E-state index is 0.146. The average Bonchev–Trinajstić information content (AvgIpc) is 2.16. The minimum Gasteiger partial charge on any atom is -0.381 e. The first-order valence-corrected chi connectivity index (χ1v) is 4.89. The van der Waals surface area contributed by atoms with E-state index in [-0.39, 0.29) is 5.54 Å². The Morgan fingerprint density at radius 1 is 1.42 bits per heavy atom. The number of nitrogens with zero attached hydrogens (tertiary/aromatic N) is 1. The van der Waals surface area contributed by atoms with E-state index in [1.165, 1.54) is 0 Å². The molecule has 68 valence electrons. The molecule has 0 radical (unpaired) electrons.